The number of aliphatic hydroxyl groups is 1. The van der Waals surface area contributed by atoms with Crippen LogP contribution in [-0.4, -0.2) is 43.6 Å². The lowest BCUT2D eigenvalue weighted by molar-refractivity contribution is -0.132. The molecule has 7 heteroatoms. The van der Waals surface area contributed by atoms with Crippen molar-refractivity contribution in [3.8, 4) is 11.5 Å². The van der Waals surface area contributed by atoms with E-state index in [0.717, 1.165) is 16.8 Å². The highest BCUT2D eigenvalue weighted by Crippen LogP contribution is 2.43. The van der Waals surface area contributed by atoms with Gasteiger partial charge in [0.2, 0.25) is 0 Å². The Kier molecular flexibility index (Phi) is 6.14. The van der Waals surface area contributed by atoms with Crippen LogP contribution in [0.15, 0.2) is 72.3 Å². The van der Waals surface area contributed by atoms with Crippen molar-refractivity contribution in [1.29, 1.82) is 0 Å². The fourth-order valence-electron chi connectivity index (χ4n) is 4.78. The van der Waals surface area contributed by atoms with Crippen molar-refractivity contribution >= 4 is 28.8 Å². The molecule has 0 aromatic heterocycles. The maximum absolute atomic E-state index is 13.4. The highest BCUT2D eigenvalue weighted by Gasteiger charge is 2.47. The Labute approximate surface area is 210 Å². The Hall–Kier alpha value is -4.26. The van der Waals surface area contributed by atoms with Gasteiger partial charge in [0.05, 0.1) is 30.5 Å². The van der Waals surface area contributed by atoms with Crippen LogP contribution in [0, 0.1) is 6.92 Å². The zero-order valence-electron chi connectivity index (χ0n) is 20.5. The maximum Gasteiger partial charge on any atom is 0.300 e. The standard InChI is InChI=1S/C29H28N2O5/c1-4-35-22-11-9-21(10-12-22)31-26(19-7-5-6-18(2)16-19)25(28(33)29(31)34)27(32)20-8-13-24-23(17-20)30(3)14-15-36-24/h5-13,16-17,26,32H,4,14-15H2,1-3H3/b27-25-. The molecule has 2 aliphatic rings. The van der Waals surface area contributed by atoms with E-state index in [4.69, 9.17) is 9.47 Å². The third-order valence-electron chi connectivity index (χ3n) is 6.56. The second kappa shape index (κ2) is 9.41. The number of amides is 1. The lowest BCUT2D eigenvalue weighted by atomic mass is 9.94. The number of ether oxygens (including phenoxy) is 2. The molecule has 1 N–H and O–H groups in total. The van der Waals surface area contributed by atoms with Crippen LogP contribution in [-0.2, 0) is 9.59 Å². The van der Waals surface area contributed by atoms with Crippen LogP contribution >= 0.6 is 0 Å². The fourth-order valence-corrected chi connectivity index (χ4v) is 4.78. The summed E-state index contributed by atoms with van der Waals surface area (Å²) in [4.78, 5) is 30.3. The largest absolute Gasteiger partial charge is 0.507 e. The quantitative estimate of drug-likeness (QED) is 0.317. The van der Waals surface area contributed by atoms with E-state index in [1.54, 1.807) is 42.5 Å². The first-order valence-corrected chi connectivity index (χ1v) is 12.0. The molecule has 36 heavy (non-hydrogen) atoms. The number of fused-ring (bicyclic) bond motifs is 1. The third-order valence-corrected chi connectivity index (χ3v) is 6.56. The maximum atomic E-state index is 13.4. The molecular formula is C29H28N2O5. The average molecular weight is 485 g/mol. The second-order valence-corrected chi connectivity index (χ2v) is 8.96. The van der Waals surface area contributed by atoms with E-state index in [0.29, 0.717) is 42.5 Å². The number of carbonyl (C=O) groups is 2. The summed E-state index contributed by atoms with van der Waals surface area (Å²) in [7, 11) is 1.95. The van der Waals surface area contributed by atoms with Gasteiger partial charge in [-0.3, -0.25) is 14.5 Å². The molecule has 3 aromatic carbocycles. The summed E-state index contributed by atoms with van der Waals surface area (Å²) in [6.07, 6.45) is 0. The van der Waals surface area contributed by atoms with Gasteiger partial charge in [0.25, 0.3) is 11.7 Å². The number of anilines is 2. The number of aliphatic hydroxyl groups excluding tert-OH is 1. The molecule has 0 aliphatic carbocycles. The molecule has 1 unspecified atom stereocenters. The van der Waals surface area contributed by atoms with Crippen LogP contribution in [0.5, 0.6) is 11.5 Å². The van der Waals surface area contributed by atoms with Gasteiger partial charge >= 0.3 is 0 Å². The monoisotopic (exact) mass is 484 g/mol. The van der Waals surface area contributed by atoms with Crippen molar-refractivity contribution in [3.05, 3.63) is 89.0 Å². The third kappa shape index (κ3) is 4.06. The first-order valence-electron chi connectivity index (χ1n) is 12.0. The molecule has 1 atom stereocenters. The molecular weight excluding hydrogens is 456 g/mol. The number of ketones is 1. The number of carbonyl (C=O) groups excluding carboxylic acids is 2. The summed E-state index contributed by atoms with van der Waals surface area (Å²) in [5.41, 5.74) is 3.59. The Morgan fingerprint density at radius 2 is 1.86 bits per heavy atom. The van der Waals surface area contributed by atoms with E-state index < -0.39 is 17.7 Å². The smallest absolute Gasteiger partial charge is 0.300 e. The first-order chi connectivity index (χ1) is 17.4. The van der Waals surface area contributed by atoms with E-state index >= 15 is 0 Å². The highest BCUT2D eigenvalue weighted by molar-refractivity contribution is 6.51. The van der Waals surface area contributed by atoms with E-state index in [-0.39, 0.29) is 11.3 Å². The summed E-state index contributed by atoms with van der Waals surface area (Å²) < 4.78 is 11.3. The van der Waals surface area contributed by atoms with Crippen LogP contribution in [0.4, 0.5) is 11.4 Å². The number of Topliss-reactive ketones (excluding diaryl/α,β-unsaturated/α-hetero) is 1. The molecule has 0 spiro atoms. The van der Waals surface area contributed by atoms with Crippen molar-refractivity contribution < 1.29 is 24.2 Å². The van der Waals surface area contributed by atoms with Gasteiger partial charge in [0.15, 0.2) is 0 Å². The summed E-state index contributed by atoms with van der Waals surface area (Å²) in [5, 5.41) is 11.5. The van der Waals surface area contributed by atoms with Gasteiger partial charge in [-0.15, -0.1) is 0 Å². The first kappa shape index (κ1) is 23.5. The van der Waals surface area contributed by atoms with Crippen molar-refractivity contribution in [3.63, 3.8) is 0 Å². The molecule has 1 fully saturated rings. The highest BCUT2D eigenvalue weighted by atomic mass is 16.5. The fraction of sp³-hybridized carbons (Fsp3) is 0.241. The van der Waals surface area contributed by atoms with Crippen LogP contribution in [0.25, 0.3) is 5.76 Å². The Morgan fingerprint density at radius 1 is 1.08 bits per heavy atom. The van der Waals surface area contributed by atoms with E-state index in [1.807, 2.05) is 50.1 Å². The van der Waals surface area contributed by atoms with Crippen molar-refractivity contribution in [2.45, 2.75) is 19.9 Å². The minimum atomic E-state index is -0.784. The summed E-state index contributed by atoms with van der Waals surface area (Å²) in [5.74, 6) is -0.244. The van der Waals surface area contributed by atoms with Crippen molar-refractivity contribution in [2.75, 3.05) is 36.6 Å². The zero-order valence-corrected chi connectivity index (χ0v) is 20.5. The predicted octanol–water partition coefficient (Wildman–Crippen LogP) is 4.85. The molecule has 0 bridgehead atoms. The molecule has 2 aliphatic heterocycles. The molecule has 0 radical (unpaired) electrons. The van der Waals surface area contributed by atoms with Gasteiger partial charge in [0.1, 0.15) is 23.9 Å². The predicted molar refractivity (Wildman–Crippen MR) is 139 cm³/mol. The molecule has 1 saturated heterocycles. The van der Waals surface area contributed by atoms with Crippen LogP contribution in [0.3, 0.4) is 0 Å². The number of likely N-dealkylation sites (N-methyl/N-ethyl adjacent to an activating group) is 1. The molecule has 5 rings (SSSR count). The van der Waals surface area contributed by atoms with Crippen molar-refractivity contribution in [1.82, 2.24) is 0 Å². The normalized spacial score (nSPS) is 18.7. The minimum absolute atomic E-state index is 0.0545. The number of aryl methyl sites for hydroxylation is 1. The Balaban J connectivity index is 1.66. The zero-order chi connectivity index (χ0) is 25.4. The van der Waals surface area contributed by atoms with Gasteiger partial charge in [-0.1, -0.05) is 29.8 Å². The van der Waals surface area contributed by atoms with Crippen LogP contribution in [0.2, 0.25) is 0 Å². The molecule has 0 saturated carbocycles. The number of benzene rings is 3. The summed E-state index contributed by atoms with van der Waals surface area (Å²) in [6.45, 7) is 5.66. The average Bonchev–Trinajstić information content (AvgIpc) is 3.15. The van der Waals surface area contributed by atoms with Crippen molar-refractivity contribution in [2.24, 2.45) is 0 Å². The summed E-state index contributed by atoms with van der Waals surface area (Å²) >= 11 is 0. The topological polar surface area (TPSA) is 79.3 Å². The van der Waals surface area contributed by atoms with Gasteiger partial charge < -0.3 is 19.5 Å². The van der Waals surface area contributed by atoms with Crippen LogP contribution < -0.4 is 19.3 Å². The number of hydrogen-bond donors (Lipinski definition) is 1. The van der Waals surface area contributed by atoms with Gasteiger partial charge in [-0.25, -0.2) is 0 Å². The SMILES string of the molecule is CCOc1ccc(N2C(=O)C(=O)/C(=C(\O)c3ccc4c(c3)N(C)CCO4)C2c2cccc(C)c2)cc1. The number of nitrogens with zero attached hydrogens (tertiary/aromatic N) is 2. The Bertz CT molecular complexity index is 1360. The molecule has 7 nitrogen and oxygen atoms in total. The van der Waals surface area contributed by atoms with Gasteiger partial charge in [0, 0.05) is 18.3 Å². The number of rotatable bonds is 5. The van der Waals surface area contributed by atoms with E-state index in [2.05, 4.69) is 0 Å². The lowest BCUT2D eigenvalue weighted by Gasteiger charge is -2.28. The number of hydrogen-bond acceptors (Lipinski definition) is 6. The molecule has 1 amide bonds. The summed E-state index contributed by atoms with van der Waals surface area (Å²) in [6, 6.07) is 19.2. The molecule has 2 heterocycles. The molecule has 3 aromatic rings. The van der Waals surface area contributed by atoms with Gasteiger partial charge in [-0.2, -0.15) is 0 Å². The minimum Gasteiger partial charge on any atom is -0.507 e. The van der Waals surface area contributed by atoms with Gasteiger partial charge in [-0.05, 0) is 61.9 Å². The van der Waals surface area contributed by atoms with E-state index in [1.165, 1.54) is 4.90 Å². The van der Waals surface area contributed by atoms with Crippen LogP contribution in [0.1, 0.15) is 29.7 Å². The lowest BCUT2D eigenvalue weighted by Crippen LogP contribution is -2.29. The second-order valence-electron chi connectivity index (χ2n) is 8.96. The Morgan fingerprint density at radius 3 is 2.58 bits per heavy atom. The van der Waals surface area contributed by atoms with E-state index in [9.17, 15) is 14.7 Å². The molecule has 184 valence electrons.